The zero-order chi connectivity index (χ0) is 24.0. The minimum atomic E-state index is -4.69. The molecule has 3 aromatic heterocycles. The molecule has 0 aliphatic heterocycles. The molecule has 3 N–H and O–H groups in total. The Hall–Kier alpha value is -3.57. The molecule has 9 nitrogen and oxygen atoms in total. The highest BCUT2D eigenvalue weighted by atomic mass is 19.4. The van der Waals surface area contributed by atoms with Crippen LogP contribution < -0.4 is 15.8 Å². The minimum absolute atomic E-state index is 0.0922. The van der Waals surface area contributed by atoms with Crippen molar-refractivity contribution in [1.29, 1.82) is 0 Å². The van der Waals surface area contributed by atoms with Crippen molar-refractivity contribution in [3.05, 3.63) is 47.7 Å². The van der Waals surface area contributed by atoms with E-state index in [1.165, 1.54) is 18.3 Å². The quantitative estimate of drug-likeness (QED) is 0.567. The molecule has 0 atom stereocenters. The van der Waals surface area contributed by atoms with Crippen molar-refractivity contribution >= 4 is 17.3 Å². The first-order chi connectivity index (χ1) is 16.2. The largest absolute Gasteiger partial charge is 0.473 e. The van der Waals surface area contributed by atoms with Gasteiger partial charge >= 0.3 is 6.18 Å². The van der Waals surface area contributed by atoms with Gasteiger partial charge in [-0.3, -0.25) is 18.7 Å². The first-order valence-corrected chi connectivity index (χ1v) is 11.1. The molecule has 2 amide bonds. The van der Waals surface area contributed by atoms with E-state index >= 15 is 0 Å². The number of fused-ring (bicyclic) bond motifs is 1. The van der Waals surface area contributed by atoms with Crippen LogP contribution in [0.1, 0.15) is 71.2 Å². The molecule has 2 aliphatic carbocycles. The topological polar surface area (TPSA) is 117 Å². The number of amides is 2. The van der Waals surface area contributed by atoms with Crippen LogP contribution in [0.5, 0.6) is 5.88 Å². The van der Waals surface area contributed by atoms with Gasteiger partial charge in [0.05, 0.1) is 11.6 Å². The monoisotopic (exact) mass is 476 g/mol. The number of nitrogens with one attached hydrogen (secondary N) is 1. The Morgan fingerprint density at radius 3 is 2.50 bits per heavy atom. The second-order valence-electron chi connectivity index (χ2n) is 8.73. The Kier molecular flexibility index (Phi) is 5.45. The molecule has 3 aromatic rings. The van der Waals surface area contributed by atoms with Crippen molar-refractivity contribution in [3.63, 3.8) is 0 Å². The molecular weight excluding hydrogens is 453 g/mol. The van der Waals surface area contributed by atoms with Crippen LogP contribution in [0.2, 0.25) is 0 Å². The van der Waals surface area contributed by atoms with E-state index in [2.05, 4.69) is 15.4 Å². The number of aromatic nitrogens is 4. The van der Waals surface area contributed by atoms with Crippen LogP contribution in [0.4, 0.5) is 13.2 Å². The summed E-state index contributed by atoms with van der Waals surface area (Å²) in [7, 11) is 0. The van der Waals surface area contributed by atoms with Crippen LogP contribution in [0, 0.1) is 0 Å². The highest BCUT2D eigenvalue weighted by Gasteiger charge is 2.38. The molecule has 12 heteroatoms. The van der Waals surface area contributed by atoms with Crippen molar-refractivity contribution < 1.29 is 27.5 Å². The van der Waals surface area contributed by atoms with E-state index in [9.17, 15) is 22.8 Å². The number of pyridine rings is 1. The lowest BCUT2D eigenvalue weighted by Gasteiger charge is -2.29. The fraction of sp³-hybridized carbons (Fsp3) is 0.455. The van der Waals surface area contributed by atoms with E-state index in [4.69, 9.17) is 10.5 Å². The average molecular weight is 476 g/mol. The molecule has 34 heavy (non-hydrogen) atoms. The van der Waals surface area contributed by atoms with Crippen molar-refractivity contribution in [3.8, 4) is 5.88 Å². The van der Waals surface area contributed by atoms with Crippen LogP contribution in [0.25, 0.3) is 5.52 Å². The van der Waals surface area contributed by atoms with Crippen LogP contribution in [-0.2, 0) is 6.18 Å². The third-order valence-corrected chi connectivity index (χ3v) is 6.19. The number of primary amides is 1. The third kappa shape index (κ3) is 4.31. The van der Waals surface area contributed by atoms with Gasteiger partial charge in [-0.05, 0) is 50.7 Å². The fourth-order valence-corrected chi connectivity index (χ4v) is 4.30. The van der Waals surface area contributed by atoms with Crippen LogP contribution in [0.3, 0.4) is 0 Å². The van der Waals surface area contributed by atoms with E-state index in [1.54, 1.807) is 16.9 Å². The molecular formula is C22H23F3N6O3. The van der Waals surface area contributed by atoms with E-state index in [0.717, 1.165) is 17.2 Å². The predicted octanol–water partition coefficient (Wildman–Crippen LogP) is 3.10. The Morgan fingerprint density at radius 1 is 1.12 bits per heavy atom. The molecule has 0 bridgehead atoms. The minimum Gasteiger partial charge on any atom is -0.473 e. The van der Waals surface area contributed by atoms with Gasteiger partial charge in [-0.1, -0.05) is 6.07 Å². The van der Waals surface area contributed by atoms with Gasteiger partial charge in [0.1, 0.15) is 11.7 Å². The number of hydrogen-bond donors (Lipinski definition) is 2. The molecule has 0 unspecified atom stereocenters. The number of halogens is 3. The van der Waals surface area contributed by atoms with E-state index < -0.39 is 23.8 Å². The summed E-state index contributed by atoms with van der Waals surface area (Å²) in [6.45, 7) is 0. The van der Waals surface area contributed by atoms with Crippen molar-refractivity contribution in [2.24, 2.45) is 5.73 Å². The lowest BCUT2D eigenvalue weighted by Crippen LogP contribution is -2.40. The number of rotatable bonds is 6. The second-order valence-corrected chi connectivity index (χ2v) is 8.73. The lowest BCUT2D eigenvalue weighted by atomic mass is 9.93. The smallest absolute Gasteiger partial charge is 0.450 e. The highest BCUT2D eigenvalue weighted by Crippen LogP contribution is 2.36. The standard InChI is InChI=1S/C22H23F3N6O3/c23-22(24,25)21-28-17(16-3-1-2-10-30(16)21)19(33)27-12-4-8-14(9-5-12)34-20-15(18(26)32)11-31(29-20)13-6-7-13/h1-3,10-14H,4-9H2,(H2,26,32)(H,27,33)/t12-,14-. The van der Waals surface area contributed by atoms with Gasteiger partial charge in [-0.2, -0.15) is 13.2 Å². The second kappa shape index (κ2) is 8.33. The Labute approximate surface area is 192 Å². The number of carbonyl (C=O) groups is 2. The van der Waals surface area contributed by atoms with Gasteiger partial charge in [-0.15, -0.1) is 5.10 Å². The van der Waals surface area contributed by atoms with Gasteiger partial charge in [0, 0.05) is 18.4 Å². The molecule has 5 rings (SSSR count). The maximum absolute atomic E-state index is 13.3. The van der Waals surface area contributed by atoms with Gasteiger partial charge in [0.15, 0.2) is 5.69 Å². The van der Waals surface area contributed by atoms with Crippen molar-refractivity contribution in [1.82, 2.24) is 24.5 Å². The summed E-state index contributed by atoms with van der Waals surface area (Å²) in [5.41, 5.74) is 5.53. The lowest BCUT2D eigenvalue weighted by molar-refractivity contribution is -0.145. The number of nitrogens with zero attached hydrogens (tertiary/aromatic N) is 4. The summed E-state index contributed by atoms with van der Waals surface area (Å²) in [6.07, 6.45) is 2.23. The predicted molar refractivity (Wildman–Crippen MR) is 113 cm³/mol. The number of ether oxygens (including phenoxy) is 1. The summed E-state index contributed by atoms with van der Waals surface area (Å²) in [4.78, 5) is 28.1. The molecule has 2 fully saturated rings. The van der Waals surface area contributed by atoms with Gasteiger partial charge < -0.3 is 15.8 Å². The van der Waals surface area contributed by atoms with Crippen molar-refractivity contribution in [2.45, 2.75) is 62.9 Å². The van der Waals surface area contributed by atoms with Crippen molar-refractivity contribution in [2.75, 3.05) is 0 Å². The Balaban J connectivity index is 1.23. The molecule has 3 heterocycles. The Bertz CT molecular complexity index is 1240. The zero-order valence-electron chi connectivity index (χ0n) is 18.1. The third-order valence-electron chi connectivity index (χ3n) is 6.19. The van der Waals surface area contributed by atoms with E-state index in [-0.39, 0.29) is 40.8 Å². The summed E-state index contributed by atoms with van der Waals surface area (Å²) in [6, 6.07) is 4.48. The normalized spacial score (nSPS) is 20.9. The summed E-state index contributed by atoms with van der Waals surface area (Å²) in [5, 5.41) is 7.17. The number of imidazole rings is 1. The summed E-state index contributed by atoms with van der Waals surface area (Å²) < 4.78 is 48.6. The molecule has 0 spiro atoms. The molecule has 0 saturated heterocycles. The number of nitrogens with two attached hydrogens (primary N) is 1. The van der Waals surface area contributed by atoms with Gasteiger partial charge in [-0.25, -0.2) is 4.98 Å². The maximum Gasteiger partial charge on any atom is 0.450 e. The molecule has 180 valence electrons. The molecule has 0 aromatic carbocycles. The molecule has 2 saturated carbocycles. The van der Waals surface area contributed by atoms with Crippen LogP contribution in [-0.4, -0.2) is 43.1 Å². The maximum atomic E-state index is 13.3. The number of alkyl halides is 3. The summed E-state index contributed by atoms with van der Waals surface area (Å²) >= 11 is 0. The van der Waals surface area contributed by atoms with E-state index in [1.807, 2.05) is 0 Å². The highest BCUT2D eigenvalue weighted by molar-refractivity contribution is 5.99. The van der Waals surface area contributed by atoms with Gasteiger partial charge in [0.2, 0.25) is 11.7 Å². The fourth-order valence-electron chi connectivity index (χ4n) is 4.30. The number of hydrogen-bond acceptors (Lipinski definition) is 5. The van der Waals surface area contributed by atoms with Crippen LogP contribution in [0.15, 0.2) is 30.6 Å². The number of carbonyl (C=O) groups excluding carboxylic acids is 2. The van der Waals surface area contributed by atoms with Crippen LogP contribution >= 0.6 is 0 Å². The zero-order valence-corrected chi connectivity index (χ0v) is 18.1. The SMILES string of the molecule is NC(=O)c1cn(C2CC2)nc1O[C@H]1CC[C@H](NC(=O)c2nc(C(F)(F)F)n3ccccc23)CC1. The Morgan fingerprint density at radius 2 is 1.85 bits per heavy atom. The van der Waals surface area contributed by atoms with Gasteiger partial charge in [0.25, 0.3) is 11.8 Å². The van der Waals surface area contributed by atoms with E-state index in [0.29, 0.717) is 25.7 Å². The average Bonchev–Trinajstić information content (AvgIpc) is 3.42. The first kappa shape index (κ1) is 22.2. The first-order valence-electron chi connectivity index (χ1n) is 11.1. The summed E-state index contributed by atoms with van der Waals surface area (Å²) in [5.74, 6) is -2.17. The molecule has 2 aliphatic rings. The molecule has 0 radical (unpaired) electrons.